The molecule has 2 aliphatic heterocycles. The minimum absolute atomic E-state index is 0.206. The molecule has 1 aromatic carbocycles. The molecule has 2 heterocycles. The molecule has 3 nitrogen and oxygen atoms in total. The zero-order chi connectivity index (χ0) is 12.7. The molecule has 0 bridgehead atoms. The highest BCUT2D eigenvalue weighted by atomic mass is 16.1. The number of carbonyl (C=O) groups is 1. The molecule has 0 radical (unpaired) electrons. The Kier molecular flexibility index (Phi) is 2.86. The second kappa shape index (κ2) is 4.39. The lowest BCUT2D eigenvalue weighted by Gasteiger charge is -2.28. The molecule has 0 spiro atoms. The van der Waals surface area contributed by atoms with E-state index < -0.39 is 0 Å². The number of nitrogens with zero attached hydrogens (tertiary/aromatic N) is 1. The molecule has 1 saturated heterocycles. The fourth-order valence-corrected chi connectivity index (χ4v) is 3.13. The molecule has 0 amide bonds. The van der Waals surface area contributed by atoms with Gasteiger partial charge in [0.25, 0.3) is 0 Å². The molecule has 18 heavy (non-hydrogen) atoms. The van der Waals surface area contributed by atoms with Crippen LogP contribution in [0.2, 0.25) is 0 Å². The van der Waals surface area contributed by atoms with Crippen LogP contribution >= 0.6 is 0 Å². The van der Waals surface area contributed by atoms with Crippen LogP contribution in [-0.4, -0.2) is 25.4 Å². The Balaban J connectivity index is 1.87. The minimum atomic E-state index is 0.206. The van der Waals surface area contributed by atoms with E-state index in [1.807, 2.05) is 0 Å². The van der Waals surface area contributed by atoms with Crippen LogP contribution in [0, 0.1) is 0 Å². The van der Waals surface area contributed by atoms with Crippen LogP contribution in [0.4, 0.5) is 5.69 Å². The van der Waals surface area contributed by atoms with E-state index in [-0.39, 0.29) is 6.04 Å². The molecule has 1 aromatic rings. The van der Waals surface area contributed by atoms with Gasteiger partial charge in [-0.05, 0) is 30.5 Å². The van der Waals surface area contributed by atoms with E-state index in [1.54, 1.807) is 0 Å². The summed E-state index contributed by atoms with van der Waals surface area (Å²) in [5.41, 5.74) is 4.03. The second-order valence-electron chi connectivity index (χ2n) is 5.63. The first kappa shape index (κ1) is 11.7. The third-order valence-corrected chi connectivity index (χ3v) is 4.09. The van der Waals surface area contributed by atoms with Gasteiger partial charge in [0, 0.05) is 44.2 Å². The standard InChI is InChI=1S/C15H20N2O/c1-10-7-13(18)9-14(16-10)11-3-4-15-12(8-11)5-6-17(15)2/h3-4,8,10,14,16H,5-7,9H2,1-2H3. The normalized spacial score (nSPS) is 27.4. The van der Waals surface area contributed by atoms with Crippen LogP contribution in [0.25, 0.3) is 0 Å². The number of rotatable bonds is 1. The quantitative estimate of drug-likeness (QED) is 0.820. The van der Waals surface area contributed by atoms with E-state index in [4.69, 9.17) is 0 Å². The lowest BCUT2D eigenvalue weighted by atomic mass is 9.92. The van der Waals surface area contributed by atoms with Gasteiger partial charge in [-0.2, -0.15) is 0 Å². The largest absolute Gasteiger partial charge is 0.374 e. The van der Waals surface area contributed by atoms with E-state index in [2.05, 4.69) is 42.4 Å². The number of piperidine rings is 1. The van der Waals surface area contributed by atoms with Gasteiger partial charge < -0.3 is 10.2 Å². The van der Waals surface area contributed by atoms with E-state index in [0.29, 0.717) is 24.7 Å². The number of nitrogens with one attached hydrogen (secondary N) is 1. The first-order chi connectivity index (χ1) is 8.63. The number of hydrogen-bond acceptors (Lipinski definition) is 3. The van der Waals surface area contributed by atoms with Crippen molar-refractivity contribution in [3.8, 4) is 0 Å². The average molecular weight is 244 g/mol. The minimum Gasteiger partial charge on any atom is -0.374 e. The summed E-state index contributed by atoms with van der Waals surface area (Å²) in [5, 5.41) is 3.53. The summed E-state index contributed by atoms with van der Waals surface area (Å²) in [6, 6.07) is 7.15. The third kappa shape index (κ3) is 2.03. The Bertz CT molecular complexity index is 483. The number of fused-ring (bicyclic) bond motifs is 1. The molecule has 3 heteroatoms. The van der Waals surface area contributed by atoms with Crippen LogP contribution in [0.5, 0.6) is 0 Å². The molecular weight excluding hydrogens is 224 g/mol. The van der Waals surface area contributed by atoms with E-state index in [0.717, 1.165) is 13.0 Å². The zero-order valence-electron chi connectivity index (χ0n) is 11.1. The SMILES string of the molecule is CC1CC(=O)CC(c2ccc3c(c2)CCN3C)N1. The summed E-state index contributed by atoms with van der Waals surface area (Å²) in [4.78, 5) is 14.0. The van der Waals surface area contributed by atoms with Crippen molar-refractivity contribution in [2.45, 2.75) is 38.3 Å². The Labute approximate surface area is 108 Å². The van der Waals surface area contributed by atoms with Gasteiger partial charge in [0.15, 0.2) is 0 Å². The molecule has 0 aromatic heterocycles. The summed E-state index contributed by atoms with van der Waals surface area (Å²) < 4.78 is 0. The highest BCUT2D eigenvalue weighted by molar-refractivity contribution is 5.80. The first-order valence-corrected chi connectivity index (χ1v) is 6.75. The fourth-order valence-electron chi connectivity index (χ4n) is 3.13. The van der Waals surface area contributed by atoms with E-state index >= 15 is 0 Å². The molecule has 2 aliphatic rings. The van der Waals surface area contributed by atoms with E-state index in [1.165, 1.54) is 16.8 Å². The lowest BCUT2D eigenvalue weighted by Crippen LogP contribution is -2.38. The van der Waals surface area contributed by atoms with Gasteiger partial charge >= 0.3 is 0 Å². The van der Waals surface area contributed by atoms with Crippen molar-refractivity contribution in [1.82, 2.24) is 5.32 Å². The van der Waals surface area contributed by atoms with Crippen molar-refractivity contribution >= 4 is 11.5 Å². The van der Waals surface area contributed by atoms with Crippen LogP contribution in [0.15, 0.2) is 18.2 Å². The summed E-state index contributed by atoms with van der Waals surface area (Å²) >= 11 is 0. The first-order valence-electron chi connectivity index (χ1n) is 6.75. The van der Waals surface area contributed by atoms with Gasteiger partial charge in [-0.3, -0.25) is 4.79 Å². The van der Waals surface area contributed by atoms with Crippen molar-refractivity contribution < 1.29 is 4.79 Å². The highest BCUT2D eigenvalue weighted by Crippen LogP contribution is 2.31. The number of likely N-dealkylation sites (N-methyl/N-ethyl adjacent to an activating group) is 1. The molecular formula is C15H20N2O. The molecule has 2 unspecified atom stereocenters. The Morgan fingerprint density at radius 3 is 2.94 bits per heavy atom. The van der Waals surface area contributed by atoms with Crippen molar-refractivity contribution in [3.63, 3.8) is 0 Å². The van der Waals surface area contributed by atoms with Crippen molar-refractivity contribution in [2.24, 2.45) is 0 Å². The van der Waals surface area contributed by atoms with Crippen molar-refractivity contribution in [2.75, 3.05) is 18.5 Å². The zero-order valence-corrected chi connectivity index (χ0v) is 11.1. The van der Waals surface area contributed by atoms with Crippen LogP contribution in [0.1, 0.15) is 36.9 Å². The lowest BCUT2D eigenvalue weighted by molar-refractivity contribution is -0.121. The topological polar surface area (TPSA) is 32.3 Å². The van der Waals surface area contributed by atoms with Gasteiger partial charge in [0.2, 0.25) is 0 Å². The number of carbonyl (C=O) groups excluding carboxylic acids is 1. The maximum atomic E-state index is 11.7. The summed E-state index contributed by atoms with van der Waals surface area (Å²) in [5.74, 6) is 0.379. The molecule has 2 atom stereocenters. The maximum Gasteiger partial charge on any atom is 0.136 e. The predicted molar refractivity (Wildman–Crippen MR) is 73.0 cm³/mol. The molecule has 0 aliphatic carbocycles. The monoisotopic (exact) mass is 244 g/mol. The Hall–Kier alpha value is -1.35. The second-order valence-corrected chi connectivity index (χ2v) is 5.63. The predicted octanol–water partition coefficient (Wildman–Crippen LogP) is 2.06. The van der Waals surface area contributed by atoms with Crippen LogP contribution < -0.4 is 10.2 Å². The number of hydrogen-bond donors (Lipinski definition) is 1. The fraction of sp³-hybridized carbons (Fsp3) is 0.533. The highest BCUT2D eigenvalue weighted by Gasteiger charge is 2.26. The molecule has 1 fully saturated rings. The van der Waals surface area contributed by atoms with Crippen molar-refractivity contribution in [3.05, 3.63) is 29.3 Å². The maximum absolute atomic E-state index is 11.7. The molecule has 0 saturated carbocycles. The van der Waals surface area contributed by atoms with Crippen LogP contribution in [-0.2, 0) is 11.2 Å². The number of ketones is 1. The van der Waals surface area contributed by atoms with Gasteiger partial charge in [0.1, 0.15) is 5.78 Å². The van der Waals surface area contributed by atoms with Gasteiger partial charge in [-0.15, -0.1) is 0 Å². The summed E-state index contributed by atoms with van der Waals surface area (Å²) in [6.07, 6.45) is 2.43. The smallest absolute Gasteiger partial charge is 0.136 e. The Morgan fingerprint density at radius 1 is 1.33 bits per heavy atom. The molecule has 1 N–H and O–H groups in total. The number of anilines is 1. The summed E-state index contributed by atoms with van der Waals surface area (Å²) in [6.45, 7) is 3.19. The van der Waals surface area contributed by atoms with Gasteiger partial charge in [-0.25, -0.2) is 0 Å². The van der Waals surface area contributed by atoms with Crippen LogP contribution in [0.3, 0.4) is 0 Å². The van der Waals surface area contributed by atoms with E-state index in [9.17, 15) is 4.79 Å². The third-order valence-electron chi connectivity index (χ3n) is 4.09. The molecule has 96 valence electrons. The summed E-state index contributed by atoms with van der Waals surface area (Å²) in [7, 11) is 2.13. The van der Waals surface area contributed by atoms with Crippen molar-refractivity contribution in [1.29, 1.82) is 0 Å². The molecule has 3 rings (SSSR count). The number of benzene rings is 1. The Morgan fingerprint density at radius 2 is 2.17 bits per heavy atom. The van der Waals surface area contributed by atoms with Gasteiger partial charge in [-0.1, -0.05) is 12.1 Å². The number of Topliss-reactive ketones (excluding diaryl/α,β-unsaturated/α-hetero) is 1. The average Bonchev–Trinajstić information content (AvgIpc) is 2.69. The van der Waals surface area contributed by atoms with Gasteiger partial charge in [0.05, 0.1) is 0 Å².